The Hall–Kier alpha value is -1.47. The van der Waals surface area contributed by atoms with Crippen LogP contribution in [0.3, 0.4) is 0 Å². The maximum absolute atomic E-state index is 13.8. The number of halogens is 1. The number of amides is 1. The molecule has 0 aliphatic carbocycles. The van der Waals surface area contributed by atoms with Gasteiger partial charge in [-0.15, -0.1) is 0 Å². The van der Waals surface area contributed by atoms with Crippen molar-refractivity contribution in [2.45, 2.75) is 31.7 Å². The zero-order valence-electron chi connectivity index (χ0n) is 13.1. The van der Waals surface area contributed by atoms with E-state index in [0.29, 0.717) is 5.56 Å². The molecule has 124 valence electrons. The number of hydrogen-bond donors (Lipinski definition) is 2. The van der Waals surface area contributed by atoms with E-state index in [1.54, 1.807) is 18.2 Å². The Morgan fingerprint density at radius 2 is 1.95 bits per heavy atom. The van der Waals surface area contributed by atoms with Crippen molar-refractivity contribution in [3.8, 4) is 0 Å². The van der Waals surface area contributed by atoms with Gasteiger partial charge in [-0.3, -0.25) is 4.79 Å². The highest BCUT2D eigenvalue weighted by Gasteiger charge is 2.25. The Labute approximate surface area is 131 Å². The number of carbonyl (C=O) groups excluding carboxylic acids is 1. The van der Waals surface area contributed by atoms with Crippen LogP contribution in [0.15, 0.2) is 24.3 Å². The summed E-state index contributed by atoms with van der Waals surface area (Å²) in [6.07, 6.45) is 1.16. The van der Waals surface area contributed by atoms with E-state index in [0.717, 1.165) is 6.26 Å². The van der Waals surface area contributed by atoms with E-state index in [2.05, 4.69) is 5.32 Å². The SMILES string of the molecule is CC(C)(CNC(=O)C(N)CCS(C)(=O)=O)c1ccccc1F. The van der Waals surface area contributed by atoms with Crippen LogP contribution in [0.25, 0.3) is 0 Å². The lowest BCUT2D eigenvalue weighted by atomic mass is 9.84. The first kappa shape index (κ1) is 18.6. The van der Waals surface area contributed by atoms with Crippen LogP contribution in [-0.2, 0) is 20.0 Å². The molecule has 0 saturated heterocycles. The van der Waals surface area contributed by atoms with E-state index in [9.17, 15) is 17.6 Å². The molecule has 5 nitrogen and oxygen atoms in total. The number of nitrogens with one attached hydrogen (secondary N) is 1. The summed E-state index contributed by atoms with van der Waals surface area (Å²) in [5, 5.41) is 2.66. The fourth-order valence-electron chi connectivity index (χ4n) is 2.02. The quantitative estimate of drug-likeness (QED) is 0.780. The summed E-state index contributed by atoms with van der Waals surface area (Å²) in [5.41, 5.74) is 5.57. The van der Waals surface area contributed by atoms with Crippen LogP contribution >= 0.6 is 0 Å². The molecular weight excluding hydrogens is 307 g/mol. The third kappa shape index (κ3) is 5.73. The summed E-state index contributed by atoms with van der Waals surface area (Å²) >= 11 is 0. The minimum Gasteiger partial charge on any atom is -0.354 e. The molecule has 1 aromatic carbocycles. The molecule has 1 rings (SSSR count). The Balaban J connectivity index is 2.61. The van der Waals surface area contributed by atoms with Gasteiger partial charge in [0.1, 0.15) is 15.7 Å². The number of rotatable bonds is 7. The first-order valence-corrected chi connectivity index (χ1v) is 9.05. The molecule has 0 aliphatic rings. The van der Waals surface area contributed by atoms with Gasteiger partial charge in [-0.2, -0.15) is 0 Å². The molecular formula is C15H23FN2O3S. The molecule has 7 heteroatoms. The molecule has 0 bridgehead atoms. The maximum atomic E-state index is 13.8. The summed E-state index contributed by atoms with van der Waals surface area (Å²) in [6, 6.07) is 5.49. The largest absolute Gasteiger partial charge is 0.354 e. The highest BCUT2D eigenvalue weighted by molar-refractivity contribution is 7.90. The molecule has 0 fully saturated rings. The van der Waals surface area contributed by atoms with Gasteiger partial charge in [-0.05, 0) is 18.1 Å². The van der Waals surface area contributed by atoms with Gasteiger partial charge < -0.3 is 11.1 Å². The summed E-state index contributed by atoms with van der Waals surface area (Å²) in [4.78, 5) is 11.9. The molecule has 0 heterocycles. The lowest BCUT2D eigenvalue weighted by Gasteiger charge is -2.26. The van der Waals surface area contributed by atoms with Crippen LogP contribution in [0.4, 0.5) is 4.39 Å². The Bertz CT molecular complexity index is 629. The normalized spacial score (nSPS) is 13.7. The van der Waals surface area contributed by atoms with Gasteiger partial charge >= 0.3 is 0 Å². The van der Waals surface area contributed by atoms with Crippen LogP contribution in [0.1, 0.15) is 25.8 Å². The Morgan fingerprint density at radius 3 is 2.50 bits per heavy atom. The smallest absolute Gasteiger partial charge is 0.236 e. The van der Waals surface area contributed by atoms with E-state index in [4.69, 9.17) is 5.73 Å². The van der Waals surface area contributed by atoms with Gasteiger partial charge in [0.25, 0.3) is 0 Å². The number of sulfone groups is 1. The Morgan fingerprint density at radius 1 is 1.36 bits per heavy atom. The second-order valence-electron chi connectivity index (χ2n) is 6.11. The lowest BCUT2D eigenvalue weighted by molar-refractivity contribution is -0.122. The lowest BCUT2D eigenvalue weighted by Crippen LogP contribution is -2.46. The summed E-state index contributed by atoms with van der Waals surface area (Å²) < 4.78 is 36.0. The van der Waals surface area contributed by atoms with Crippen molar-refractivity contribution in [2.75, 3.05) is 18.6 Å². The zero-order chi connectivity index (χ0) is 17.0. The fourth-order valence-corrected chi connectivity index (χ4v) is 2.70. The first-order valence-electron chi connectivity index (χ1n) is 6.99. The number of benzene rings is 1. The van der Waals surface area contributed by atoms with Gasteiger partial charge in [0.05, 0.1) is 11.8 Å². The minimum absolute atomic E-state index is 0.0603. The maximum Gasteiger partial charge on any atom is 0.236 e. The van der Waals surface area contributed by atoms with Gasteiger partial charge in [0, 0.05) is 18.2 Å². The molecule has 1 aromatic rings. The minimum atomic E-state index is -3.15. The zero-order valence-corrected chi connectivity index (χ0v) is 13.9. The third-order valence-corrected chi connectivity index (χ3v) is 4.42. The van der Waals surface area contributed by atoms with Gasteiger partial charge in [0.2, 0.25) is 5.91 Å². The van der Waals surface area contributed by atoms with E-state index < -0.39 is 27.2 Å². The van der Waals surface area contributed by atoms with Gasteiger partial charge in [-0.1, -0.05) is 32.0 Å². The predicted octanol–water partition coefficient (Wildman–Crippen LogP) is 0.982. The average Bonchev–Trinajstić information content (AvgIpc) is 2.41. The second-order valence-corrected chi connectivity index (χ2v) is 8.37. The van der Waals surface area contributed by atoms with Crippen molar-refractivity contribution in [3.05, 3.63) is 35.6 Å². The van der Waals surface area contributed by atoms with Crippen molar-refractivity contribution < 1.29 is 17.6 Å². The Kier molecular flexibility index (Phi) is 6.08. The van der Waals surface area contributed by atoms with E-state index >= 15 is 0 Å². The monoisotopic (exact) mass is 330 g/mol. The molecule has 0 aliphatic heterocycles. The van der Waals surface area contributed by atoms with E-state index in [1.165, 1.54) is 6.07 Å². The molecule has 0 saturated carbocycles. The fraction of sp³-hybridized carbons (Fsp3) is 0.533. The van der Waals surface area contributed by atoms with Crippen molar-refractivity contribution in [1.29, 1.82) is 0 Å². The average molecular weight is 330 g/mol. The van der Waals surface area contributed by atoms with Crippen LogP contribution in [-0.4, -0.2) is 38.9 Å². The van der Waals surface area contributed by atoms with E-state index in [-0.39, 0.29) is 24.5 Å². The first-order chi connectivity index (χ1) is 10.0. The summed E-state index contributed by atoms with van der Waals surface area (Å²) in [5.74, 6) is -0.908. The summed E-state index contributed by atoms with van der Waals surface area (Å²) in [6.45, 7) is 3.83. The molecule has 1 atom stereocenters. The van der Waals surface area contributed by atoms with Crippen LogP contribution < -0.4 is 11.1 Å². The van der Waals surface area contributed by atoms with Crippen molar-refractivity contribution in [3.63, 3.8) is 0 Å². The molecule has 22 heavy (non-hydrogen) atoms. The molecule has 1 amide bonds. The van der Waals surface area contributed by atoms with Crippen molar-refractivity contribution >= 4 is 15.7 Å². The second kappa shape index (κ2) is 7.19. The number of carbonyl (C=O) groups is 1. The van der Waals surface area contributed by atoms with Gasteiger partial charge in [-0.25, -0.2) is 12.8 Å². The van der Waals surface area contributed by atoms with Crippen LogP contribution in [0.2, 0.25) is 0 Å². The number of nitrogens with two attached hydrogens (primary N) is 1. The topological polar surface area (TPSA) is 89.3 Å². The predicted molar refractivity (Wildman–Crippen MR) is 84.7 cm³/mol. The third-order valence-electron chi connectivity index (χ3n) is 3.44. The van der Waals surface area contributed by atoms with Crippen molar-refractivity contribution in [2.24, 2.45) is 5.73 Å². The van der Waals surface area contributed by atoms with Crippen LogP contribution in [0.5, 0.6) is 0 Å². The summed E-state index contributed by atoms with van der Waals surface area (Å²) in [7, 11) is -3.15. The highest BCUT2D eigenvalue weighted by atomic mass is 32.2. The molecule has 0 radical (unpaired) electrons. The van der Waals surface area contributed by atoms with Gasteiger partial charge in [0.15, 0.2) is 0 Å². The standard InChI is InChI=1S/C15H23FN2O3S/c1-15(2,11-6-4-5-7-12(11)16)10-18-14(19)13(17)8-9-22(3,20)21/h4-7,13H,8-10,17H2,1-3H3,(H,18,19). The van der Waals surface area contributed by atoms with Crippen LogP contribution in [0, 0.1) is 5.82 Å². The molecule has 1 unspecified atom stereocenters. The number of hydrogen-bond acceptors (Lipinski definition) is 4. The van der Waals surface area contributed by atoms with Crippen molar-refractivity contribution in [1.82, 2.24) is 5.32 Å². The molecule has 0 aromatic heterocycles. The molecule has 0 spiro atoms. The van der Waals surface area contributed by atoms with E-state index in [1.807, 2.05) is 13.8 Å². The highest BCUT2D eigenvalue weighted by Crippen LogP contribution is 2.24. The molecule has 3 N–H and O–H groups in total.